The van der Waals surface area contributed by atoms with Crippen molar-refractivity contribution >= 4 is 94.7 Å². The van der Waals surface area contributed by atoms with Gasteiger partial charge < -0.3 is 31.9 Å². The SMILES string of the molecule is CC#CC(=O)N1CCC[C@H]1c1nc(-c2ccc(C(=O)N(OP(=O)(ON(C(=O)c3ccc(-c4nc([C@@H]5CCCN5C(=O)C#CC)n5ccnc(N)c45)cc3)c3ccccn3)ON(C(=O)c3ccc(-c4nc([C@@H]5CCCN5C(=O)C#CC)n5ccnc(N)c45)cc3)c3ccccn3)c3ccccn3)cc2)c2c(N)nccn12. The molecule has 3 aliphatic heterocycles. The highest BCUT2D eigenvalue weighted by Gasteiger charge is 2.46. The molecule has 0 spiro atoms. The Balaban J connectivity index is 0.817. The lowest BCUT2D eigenvalue weighted by Crippen LogP contribution is -2.38. The number of carbonyl (C=O) groups is 6. The molecule has 32 heteroatoms. The number of rotatable bonds is 18. The first-order chi connectivity index (χ1) is 53.5. The minimum absolute atomic E-state index is 0.105. The number of likely N-dealkylation sites (tertiary alicyclic amines) is 3. The number of hydrogen-bond donors (Lipinski definition) is 3. The zero-order valence-electron chi connectivity index (χ0n) is 59.2. The van der Waals surface area contributed by atoms with E-state index in [4.69, 9.17) is 46.0 Å². The quantitative estimate of drug-likeness (QED) is 0.0408. The zero-order chi connectivity index (χ0) is 76.3. The number of pyridine rings is 3. The highest BCUT2D eigenvalue weighted by Crippen LogP contribution is 2.55. The standard InChI is InChI=1S/C78H66N21O10P/c1-4-16-61(100)91-43-13-19-55(91)73-88-64(67-70(79)85-40-46-94(67)73)49-25-31-52(32-26-49)76(103)97(58-22-7-10-37-82-58)107-110(106,108-98(59-23-8-11-38-83-59)77(104)53-33-27-50(28-34-53)65-68-71(80)86-41-47-95(68)74(89-65)56-20-14-44-92(56)62(101)17-5-2)109-99(60-24-9-12-39-84-60)78(105)54-35-29-51(30-36-54)66-69-72(81)87-42-48-96(69)75(90-66)57-21-15-45-93(57)63(102)18-6-3/h7-12,22-42,46-48,55-57H,13-15,19-21,43-45H2,1-3H3,(H2,79,85)(H2,80,86)(H2,81,87)/t55-,56-,57-/m0/s1. The van der Waals surface area contributed by atoms with Crippen LogP contribution in [0.25, 0.3) is 50.3 Å². The molecule has 3 saturated heterocycles. The average molecular weight is 1490 g/mol. The first-order valence-corrected chi connectivity index (χ1v) is 36.3. The number of nitrogen functional groups attached to an aromatic ring is 3. The summed E-state index contributed by atoms with van der Waals surface area (Å²) in [5, 5.41) is 1.59. The zero-order valence-corrected chi connectivity index (χ0v) is 60.1. The summed E-state index contributed by atoms with van der Waals surface area (Å²) in [5.74, 6) is 13.0. The number of anilines is 6. The van der Waals surface area contributed by atoms with Gasteiger partial charge in [-0.2, -0.15) is 29.1 Å². The fraction of sp³-hybridized carbons (Fsp3) is 0.192. The molecule has 3 aliphatic rings. The van der Waals surface area contributed by atoms with Crippen molar-refractivity contribution in [1.82, 2.24) is 72.8 Å². The van der Waals surface area contributed by atoms with E-state index in [1.54, 1.807) is 122 Å². The molecule has 0 radical (unpaired) electrons. The predicted octanol–water partition coefficient (Wildman–Crippen LogP) is 10.1. The fourth-order valence-corrected chi connectivity index (χ4v) is 15.1. The monoisotopic (exact) mass is 1490 g/mol. The minimum Gasteiger partial charge on any atom is -0.382 e. The molecule has 0 bridgehead atoms. The van der Waals surface area contributed by atoms with E-state index in [0.717, 1.165) is 0 Å². The third-order valence-electron chi connectivity index (χ3n) is 18.8. The van der Waals surface area contributed by atoms with Gasteiger partial charge in [0.1, 0.15) is 68.6 Å². The summed E-state index contributed by atoms with van der Waals surface area (Å²) in [7, 11) is -5.97. The van der Waals surface area contributed by atoms with Crippen molar-refractivity contribution in [2.75, 3.05) is 52.0 Å². The molecule has 9 aromatic heterocycles. The highest BCUT2D eigenvalue weighted by atomic mass is 31.2. The summed E-state index contributed by atoms with van der Waals surface area (Å²) in [6.07, 6.45) is 17.6. The normalized spacial score (nSPS) is 15.4. The number of hydrogen-bond acceptors (Lipinski definition) is 22. The van der Waals surface area contributed by atoms with Crippen LogP contribution in [0.1, 0.15) is 126 Å². The van der Waals surface area contributed by atoms with Crippen LogP contribution in [0.4, 0.5) is 34.9 Å². The van der Waals surface area contributed by atoms with Crippen LogP contribution in [-0.4, -0.2) is 128 Å². The van der Waals surface area contributed by atoms with Crippen molar-refractivity contribution in [3.63, 3.8) is 0 Å². The van der Waals surface area contributed by atoms with Crippen molar-refractivity contribution in [2.45, 2.75) is 77.4 Å². The summed E-state index contributed by atoms with van der Waals surface area (Å²) in [5.41, 5.74) is 23.3. The second-order valence-electron chi connectivity index (χ2n) is 25.4. The molecule has 3 fully saturated rings. The van der Waals surface area contributed by atoms with Crippen LogP contribution in [0, 0.1) is 35.5 Å². The second-order valence-corrected chi connectivity index (χ2v) is 26.8. The van der Waals surface area contributed by atoms with E-state index in [1.165, 1.54) is 110 Å². The third kappa shape index (κ3) is 13.6. The minimum atomic E-state index is -5.97. The molecule has 0 aliphatic carbocycles. The maximum Gasteiger partial charge on any atom is 0.541 e. The largest absolute Gasteiger partial charge is 0.541 e. The number of carbonyl (C=O) groups excluding carboxylic acids is 6. The maximum atomic E-state index is 16.9. The Labute approximate surface area is 627 Å². The number of phosphoric acid groups is 1. The van der Waals surface area contributed by atoms with Crippen molar-refractivity contribution in [2.24, 2.45) is 0 Å². The highest BCUT2D eigenvalue weighted by molar-refractivity contribution is 7.48. The topological polar surface area (TPSA) is 374 Å². The summed E-state index contributed by atoms with van der Waals surface area (Å²) >= 11 is 0. The third-order valence-corrected chi connectivity index (χ3v) is 19.9. The Morgan fingerprint density at radius 2 is 0.682 bits per heavy atom. The lowest BCUT2D eigenvalue weighted by Gasteiger charge is -2.31. The van der Waals surface area contributed by atoms with Crippen LogP contribution < -0.4 is 32.4 Å². The number of benzene rings is 3. The maximum absolute atomic E-state index is 16.9. The van der Waals surface area contributed by atoms with Gasteiger partial charge in [0.15, 0.2) is 17.5 Å². The van der Waals surface area contributed by atoms with Crippen LogP contribution in [0.2, 0.25) is 0 Å². The van der Waals surface area contributed by atoms with Gasteiger partial charge in [0.05, 0.1) is 18.1 Å². The number of hydroxylamine groups is 3. The van der Waals surface area contributed by atoms with Gasteiger partial charge in [-0.15, -0.1) is 0 Å². The lowest BCUT2D eigenvalue weighted by atomic mass is 10.1. The molecule has 0 saturated carbocycles. The number of nitrogens with zero attached hydrogens (tertiary/aromatic N) is 18. The summed E-state index contributed by atoms with van der Waals surface area (Å²) in [4.78, 5) is 133. The van der Waals surface area contributed by atoms with E-state index in [2.05, 4.69) is 65.4 Å². The van der Waals surface area contributed by atoms with Crippen molar-refractivity contribution in [1.29, 1.82) is 0 Å². The first kappa shape index (κ1) is 71.6. The molecule has 6 N–H and O–H groups in total. The number of amides is 6. The van der Waals surface area contributed by atoms with Crippen molar-refractivity contribution in [3.05, 3.63) is 217 Å². The summed E-state index contributed by atoms with van der Waals surface area (Å²) < 4.78 is 41.5. The summed E-state index contributed by atoms with van der Waals surface area (Å²) in [6.45, 7) is 6.16. The van der Waals surface area contributed by atoms with Gasteiger partial charge in [0.25, 0.3) is 35.4 Å². The van der Waals surface area contributed by atoms with Crippen molar-refractivity contribution in [3.8, 4) is 69.3 Å². The molecule has 3 aromatic carbocycles. The second kappa shape index (κ2) is 30.5. The number of aromatic nitrogens is 12. The van der Waals surface area contributed by atoms with Crippen LogP contribution in [0.15, 0.2) is 183 Å². The van der Waals surface area contributed by atoms with E-state index in [0.29, 0.717) is 141 Å². The molecule has 6 amide bonds. The van der Waals surface area contributed by atoms with Crippen LogP contribution >= 0.6 is 7.82 Å². The van der Waals surface area contributed by atoms with E-state index in [-0.39, 0.29) is 69.3 Å². The Morgan fingerprint density at radius 3 is 0.936 bits per heavy atom. The fourth-order valence-electron chi connectivity index (χ4n) is 13.9. The molecular formula is C78H66N21O10P. The molecule has 3 atom stereocenters. The number of imidazole rings is 3. The van der Waals surface area contributed by atoms with Crippen molar-refractivity contribution < 1.29 is 47.2 Å². The molecule has 31 nitrogen and oxygen atoms in total. The van der Waals surface area contributed by atoms with E-state index < -0.39 is 43.7 Å². The summed E-state index contributed by atoms with van der Waals surface area (Å²) in [6, 6.07) is 30.2. The molecule has 12 heterocycles. The smallest absolute Gasteiger partial charge is 0.382 e. The van der Waals surface area contributed by atoms with Gasteiger partial charge in [-0.05, 0) is 150 Å². The Hall–Kier alpha value is -14.0. The van der Waals surface area contributed by atoms with E-state index >= 15 is 18.9 Å². The molecule has 0 unspecified atom stereocenters. The molecule has 548 valence electrons. The van der Waals surface area contributed by atoms with Crippen LogP contribution in [0.3, 0.4) is 0 Å². The van der Waals surface area contributed by atoms with Gasteiger partial charge in [-0.1, -0.05) is 72.4 Å². The van der Waals surface area contributed by atoms with Gasteiger partial charge >= 0.3 is 7.82 Å². The predicted molar refractivity (Wildman–Crippen MR) is 404 cm³/mol. The van der Waals surface area contributed by atoms with Crippen LogP contribution in [-0.2, 0) is 32.8 Å². The number of fused-ring (bicyclic) bond motifs is 3. The Morgan fingerprint density at radius 1 is 0.400 bits per heavy atom. The Bertz CT molecular complexity index is 5300. The molecule has 12 aromatic rings. The van der Waals surface area contributed by atoms with Gasteiger partial charge in [-0.3, -0.25) is 42.0 Å². The van der Waals surface area contributed by atoms with Gasteiger partial charge in [0.2, 0.25) is 0 Å². The van der Waals surface area contributed by atoms with E-state index in [9.17, 15) is 14.4 Å². The lowest BCUT2D eigenvalue weighted by molar-refractivity contribution is -0.126. The Kier molecular flexibility index (Phi) is 19.8. The number of nitrogens with two attached hydrogens (primary N) is 3. The molecular weight excluding hydrogens is 1420 g/mol. The molecule has 15 rings (SSSR count). The first-order valence-electron chi connectivity index (χ1n) is 34.9. The van der Waals surface area contributed by atoms with Crippen LogP contribution in [0.5, 0.6) is 0 Å². The van der Waals surface area contributed by atoms with Gasteiger partial charge in [0, 0.05) is 109 Å². The van der Waals surface area contributed by atoms with E-state index in [1.807, 2.05) is 0 Å². The van der Waals surface area contributed by atoms with Gasteiger partial charge in [-0.25, -0.2) is 49.4 Å². The average Bonchev–Trinajstić information content (AvgIpc) is 1.66. The molecule has 110 heavy (non-hydrogen) atoms.